The fourth-order valence-electron chi connectivity index (χ4n) is 3.37. The van der Waals surface area contributed by atoms with Crippen molar-refractivity contribution < 1.29 is 0 Å². The maximum absolute atomic E-state index is 6.37. The molecule has 1 aliphatic rings. The zero-order chi connectivity index (χ0) is 18.6. The first-order valence-corrected chi connectivity index (χ1v) is 9.48. The normalized spacial score (nSPS) is 14.9. The summed E-state index contributed by atoms with van der Waals surface area (Å²) < 4.78 is 0. The van der Waals surface area contributed by atoms with Crippen molar-refractivity contribution in [1.29, 1.82) is 0 Å². The van der Waals surface area contributed by atoms with Crippen LogP contribution < -0.4 is 4.90 Å². The Labute approximate surface area is 165 Å². The Hall–Kier alpha value is -2.62. The maximum Gasteiger partial charge on any atom is 0.137 e. The number of hydrogen-bond donors (Lipinski definition) is 0. The van der Waals surface area contributed by atoms with E-state index in [2.05, 4.69) is 71.3 Å². The summed E-state index contributed by atoms with van der Waals surface area (Å²) in [6.45, 7) is 4.31. The number of hydrogen-bond acceptors (Lipinski definition) is 3. The van der Waals surface area contributed by atoms with Crippen LogP contribution in [-0.4, -0.2) is 24.1 Å². The maximum atomic E-state index is 6.37. The Bertz CT molecular complexity index is 953. The summed E-state index contributed by atoms with van der Waals surface area (Å²) >= 11 is 6.37. The van der Waals surface area contributed by atoms with Gasteiger partial charge in [0.2, 0.25) is 0 Å². The molecule has 0 saturated carbocycles. The van der Waals surface area contributed by atoms with Crippen LogP contribution in [0.4, 0.5) is 5.69 Å². The summed E-state index contributed by atoms with van der Waals surface area (Å²) in [5.41, 5.74) is 4.66. The molecule has 0 spiro atoms. The molecule has 3 aromatic rings. The van der Waals surface area contributed by atoms with E-state index in [1.807, 2.05) is 24.3 Å². The SMILES string of the molecule is Cc1cccc(N2CN(Cc3ccccc3Cl)CN=C2c2ccccc2)c1. The molecule has 0 saturated heterocycles. The smallest absolute Gasteiger partial charge is 0.137 e. The van der Waals surface area contributed by atoms with Gasteiger partial charge in [-0.2, -0.15) is 0 Å². The van der Waals surface area contributed by atoms with Crippen LogP contribution in [0.3, 0.4) is 0 Å². The molecule has 27 heavy (non-hydrogen) atoms. The zero-order valence-electron chi connectivity index (χ0n) is 15.3. The molecule has 0 radical (unpaired) electrons. The Morgan fingerprint density at radius 3 is 2.48 bits per heavy atom. The zero-order valence-corrected chi connectivity index (χ0v) is 16.1. The van der Waals surface area contributed by atoms with Crippen LogP contribution >= 0.6 is 11.6 Å². The van der Waals surface area contributed by atoms with Gasteiger partial charge < -0.3 is 4.90 Å². The molecule has 4 heteroatoms. The van der Waals surface area contributed by atoms with Crippen LogP contribution in [0.25, 0.3) is 0 Å². The lowest BCUT2D eigenvalue weighted by atomic mass is 10.1. The highest BCUT2D eigenvalue weighted by Crippen LogP contribution is 2.24. The van der Waals surface area contributed by atoms with Gasteiger partial charge >= 0.3 is 0 Å². The van der Waals surface area contributed by atoms with Crippen molar-refractivity contribution >= 4 is 23.1 Å². The summed E-state index contributed by atoms with van der Waals surface area (Å²) in [5.74, 6) is 1.01. The van der Waals surface area contributed by atoms with E-state index in [4.69, 9.17) is 16.6 Å². The number of benzene rings is 3. The molecule has 136 valence electrons. The summed E-state index contributed by atoms with van der Waals surface area (Å²) in [6.07, 6.45) is 0. The molecule has 4 rings (SSSR count). The van der Waals surface area contributed by atoms with Gasteiger partial charge in [-0.1, -0.05) is 72.3 Å². The number of aryl methyl sites for hydroxylation is 1. The largest absolute Gasteiger partial charge is 0.313 e. The Morgan fingerprint density at radius 1 is 0.926 bits per heavy atom. The molecule has 0 fully saturated rings. The van der Waals surface area contributed by atoms with Crippen molar-refractivity contribution in [1.82, 2.24) is 4.90 Å². The molecule has 0 N–H and O–H groups in total. The average molecular weight is 376 g/mol. The second kappa shape index (κ2) is 7.95. The van der Waals surface area contributed by atoms with Crippen LogP contribution in [-0.2, 0) is 6.54 Å². The Kier molecular flexibility index (Phi) is 5.23. The molecule has 0 aliphatic carbocycles. The molecule has 3 aromatic carbocycles. The van der Waals surface area contributed by atoms with E-state index < -0.39 is 0 Å². The second-order valence-electron chi connectivity index (χ2n) is 6.82. The summed E-state index contributed by atoms with van der Waals surface area (Å²) in [4.78, 5) is 9.50. The van der Waals surface area contributed by atoms with E-state index in [1.165, 1.54) is 5.56 Å². The highest BCUT2D eigenvalue weighted by molar-refractivity contribution is 6.31. The minimum absolute atomic E-state index is 0.651. The van der Waals surface area contributed by atoms with E-state index in [0.717, 1.165) is 40.9 Å². The van der Waals surface area contributed by atoms with Crippen LogP contribution in [0.2, 0.25) is 5.02 Å². The molecular formula is C23H22ClN3. The molecule has 0 atom stereocenters. The average Bonchev–Trinajstić information content (AvgIpc) is 2.70. The van der Waals surface area contributed by atoms with Gasteiger partial charge in [-0.25, -0.2) is 0 Å². The minimum atomic E-state index is 0.651. The van der Waals surface area contributed by atoms with Gasteiger partial charge in [0.05, 0.1) is 13.3 Å². The molecule has 3 nitrogen and oxygen atoms in total. The van der Waals surface area contributed by atoms with Gasteiger partial charge in [-0.05, 0) is 36.2 Å². The second-order valence-corrected chi connectivity index (χ2v) is 7.23. The quantitative estimate of drug-likeness (QED) is 0.613. The van der Waals surface area contributed by atoms with Crippen LogP contribution in [0.15, 0.2) is 83.9 Å². The number of anilines is 1. The third kappa shape index (κ3) is 4.05. The number of amidine groups is 1. The fraction of sp³-hybridized carbons (Fsp3) is 0.174. The van der Waals surface area contributed by atoms with E-state index >= 15 is 0 Å². The van der Waals surface area contributed by atoms with E-state index in [9.17, 15) is 0 Å². The first-order chi connectivity index (χ1) is 13.2. The predicted molar refractivity (Wildman–Crippen MR) is 113 cm³/mol. The van der Waals surface area contributed by atoms with E-state index in [0.29, 0.717) is 6.67 Å². The van der Waals surface area contributed by atoms with Gasteiger partial charge in [0.15, 0.2) is 0 Å². The van der Waals surface area contributed by atoms with Gasteiger partial charge in [-0.3, -0.25) is 9.89 Å². The lowest BCUT2D eigenvalue weighted by Crippen LogP contribution is -2.46. The molecule has 1 aliphatic heterocycles. The first-order valence-electron chi connectivity index (χ1n) is 9.10. The third-order valence-electron chi connectivity index (χ3n) is 4.71. The molecular weight excluding hydrogens is 354 g/mol. The number of halogens is 1. The highest BCUT2D eigenvalue weighted by atomic mass is 35.5. The van der Waals surface area contributed by atoms with Crippen LogP contribution in [0.5, 0.6) is 0 Å². The lowest BCUT2D eigenvalue weighted by Gasteiger charge is -2.36. The highest BCUT2D eigenvalue weighted by Gasteiger charge is 2.23. The summed E-state index contributed by atoms with van der Waals surface area (Å²) in [5, 5.41) is 0.803. The van der Waals surface area contributed by atoms with E-state index in [1.54, 1.807) is 0 Å². The molecule has 0 amide bonds. The van der Waals surface area contributed by atoms with Gasteiger partial charge in [0.1, 0.15) is 5.84 Å². The lowest BCUT2D eigenvalue weighted by molar-refractivity contribution is 0.273. The Balaban J connectivity index is 1.67. The van der Waals surface area contributed by atoms with E-state index in [-0.39, 0.29) is 0 Å². The monoisotopic (exact) mass is 375 g/mol. The van der Waals surface area contributed by atoms with Crippen molar-refractivity contribution in [3.8, 4) is 0 Å². The van der Waals surface area contributed by atoms with Gasteiger partial charge in [0.25, 0.3) is 0 Å². The summed E-state index contributed by atoms with van der Waals surface area (Å²) in [6, 6.07) is 27.0. The van der Waals surface area contributed by atoms with Gasteiger partial charge in [0, 0.05) is 22.8 Å². The van der Waals surface area contributed by atoms with Crippen molar-refractivity contribution in [2.75, 3.05) is 18.2 Å². The summed E-state index contributed by atoms with van der Waals surface area (Å²) in [7, 11) is 0. The first kappa shape index (κ1) is 17.8. The third-order valence-corrected chi connectivity index (χ3v) is 5.08. The molecule has 0 aromatic heterocycles. The number of aliphatic imine (C=N–C) groups is 1. The Morgan fingerprint density at radius 2 is 1.70 bits per heavy atom. The topological polar surface area (TPSA) is 18.8 Å². The number of nitrogens with zero attached hydrogens (tertiary/aromatic N) is 3. The fourth-order valence-corrected chi connectivity index (χ4v) is 3.56. The van der Waals surface area contributed by atoms with Gasteiger partial charge in [-0.15, -0.1) is 0 Å². The molecule has 0 bridgehead atoms. The predicted octanol–water partition coefficient (Wildman–Crippen LogP) is 5.33. The minimum Gasteiger partial charge on any atom is -0.313 e. The van der Waals surface area contributed by atoms with Crippen molar-refractivity contribution in [2.45, 2.75) is 13.5 Å². The van der Waals surface area contributed by atoms with Crippen LogP contribution in [0.1, 0.15) is 16.7 Å². The van der Waals surface area contributed by atoms with Crippen molar-refractivity contribution in [2.24, 2.45) is 4.99 Å². The molecule has 1 heterocycles. The standard InChI is InChI=1S/C23H22ClN3/c1-18-8-7-12-21(14-18)27-17-26(15-20-11-5-6-13-22(20)24)16-25-23(27)19-9-3-2-4-10-19/h2-14H,15-17H2,1H3. The van der Waals surface area contributed by atoms with Crippen molar-refractivity contribution in [3.63, 3.8) is 0 Å². The molecule has 0 unspecified atom stereocenters. The van der Waals surface area contributed by atoms with Crippen LogP contribution in [0, 0.1) is 6.92 Å². The number of rotatable bonds is 4. The van der Waals surface area contributed by atoms with Crippen molar-refractivity contribution in [3.05, 3.63) is 101 Å².